The molecule has 0 atom stereocenters. The van der Waals surface area contributed by atoms with Gasteiger partial charge in [0.05, 0.1) is 11.3 Å². The van der Waals surface area contributed by atoms with Gasteiger partial charge < -0.3 is 15.2 Å². The van der Waals surface area contributed by atoms with Crippen LogP contribution >= 0.6 is 11.3 Å². The third-order valence-electron chi connectivity index (χ3n) is 4.24. The SMILES string of the molecule is CCNc1ccc(C(=O)Nc2ncc(Cc3cccc(C(F)(F)F)c3)s2)cc1OCO. The molecule has 0 bridgehead atoms. The molecule has 10 heteroatoms. The molecule has 1 amide bonds. The predicted molar refractivity (Wildman–Crippen MR) is 113 cm³/mol. The fourth-order valence-electron chi connectivity index (χ4n) is 2.86. The highest BCUT2D eigenvalue weighted by Gasteiger charge is 2.30. The van der Waals surface area contributed by atoms with Crippen LogP contribution < -0.4 is 15.4 Å². The molecule has 0 saturated heterocycles. The molecule has 0 radical (unpaired) electrons. The van der Waals surface area contributed by atoms with Gasteiger partial charge in [0, 0.05) is 29.6 Å². The number of rotatable bonds is 8. The summed E-state index contributed by atoms with van der Waals surface area (Å²) in [7, 11) is 0. The lowest BCUT2D eigenvalue weighted by Gasteiger charge is -2.12. The van der Waals surface area contributed by atoms with Crippen molar-refractivity contribution in [1.29, 1.82) is 0 Å². The number of thiazole rings is 1. The number of carbonyl (C=O) groups excluding carboxylic acids is 1. The second-order valence-electron chi connectivity index (χ2n) is 6.48. The highest BCUT2D eigenvalue weighted by atomic mass is 32.1. The Labute approximate surface area is 180 Å². The topological polar surface area (TPSA) is 83.5 Å². The summed E-state index contributed by atoms with van der Waals surface area (Å²) in [6.45, 7) is 2.01. The molecule has 2 aromatic carbocycles. The Kier molecular flexibility index (Phi) is 7.13. The first-order valence-electron chi connectivity index (χ1n) is 9.34. The summed E-state index contributed by atoms with van der Waals surface area (Å²) in [6, 6.07) is 9.89. The van der Waals surface area contributed by atoms with Crippen molar-refractivity contribution < 1.29 is 27.8 Å². The number of halogens is 3. The molecule has 0 spiro atoms. The molecule has 0 aliphatic carbocycles. The number of carbonyl (C=O) groups is 1. The highest BCUT2D eigenvalue weighted by molar-refractivity contribution is 7.15. The zero-order valence-electron chi connectivity index (χ0n) is 16.5. The zero-order chi connectivity index (χ0) is 22.4. The Hall–Kier alpha value is -3.11. The van der Waals surface area contributed by atoms with Crippen LogP contribution in [0.2, 0.25) is 0 Å². The maximum Gasteiger partial charge on any atom is 0.416 e. The lowest BCUT2D eigenvalue weighted by Crippen LogP contribution is -2.12. The van der Waals surface area contributed by atoms with E-state index in [9.17, 15) is 18.0 Å². The minimum Gasteiger partial charge on any atom is -0.466 e. The number of alkyl halides is 3. The van der Waals surface area contributed by atoms with E-state index >= 15 is 0 Å². The summed E-state index contributed by atoms with van der Waals surface area (Å²) in [4.78, 5) is 17.4. The number of aliphatic hydroxyl groups is 1. The molecule has 0 saturated carbocycles. The van der Waals surface area contributed by atoms with Gasteiger partial charge in [-0.3, -0.25) is 10.1 Å². The van der Waals surface area contributed by atoms with Crippen molar-refractivity contribution in [2.24, 2.45) is 0 Å². The van der Waals surface area contributed by atoms with Gasteiger partial charge in [0.25, 0.3) is 5.91 Å². The monoisotopic (exact) mass is 451 g/mol. The Bertz CT molecular complexity index is 1050. The third-order valence-corrected chi connectivity index (χ3v) is 5.15. The fourth-order valence-corrected chi connectivity index (χ4v) is 3.71. The van der Waals surface area contributed by atoms with Gasteiger partial charge >= 0.3 is 6.18 Å². The standard InChI is InChI=1S/C21H20F3N3O3S/c1-2-25-17-7-6-14(10-18(17)30-12-28)19(29)27-20-26-11-16(31-20)9-13-4-3-5-15(8-13)21(22,23)24/h3-8,10-11,25,28H,2,9,12H2,1H3,(H,26,27,29). The minimum atomic E-state index is -4.40. The minimum absolute atomic E-state index is 0.267. The van der Waals surface area contributed by atoms with Gasteiger partial charge in [0.1, 0.15) is 5.75 Å². The number of hydrogen-bond acceptors (Lipinski definition) is 6. The summed E-state index contributed by atoms with van der Waals surface area (Å²) in [5.74, 6) is -0.0906. The lowest BCUT2D eigenvalue weighted by molar-refractivity contribution is -0.137. The van der Waals surface area contributed by atoms with E-state index in [2.05, 4.69) is 15.6 Å². The van der Waals surface area contributed by atoms with Gasteiger partial charge in [-0.25, -0.2) is 4.98 Å². The van der Waals surface area contributed by atoms with Crippen LogP contribution in [0.15, 0.2) is 48.7 Å². The van der Waals surface area contributed by atoms with Crippen LogP contribution in [0.1, 0.15) is 33.3 Å². The lowest BCUT2D eigenvalue weighted by atomic mass is 10.1. The Morgan fingerprint density at radius 1 is 1.23 bits per heavy atom. The highest BCUT2D eigenvalue weighted by Crippen LogP contribution is 2.31. The van der Waals surface area contributed by atoms with E-state index in [-0.39, 0.29) is 6.42 Å². The van der Waals surface area contributed by atoms with Crippen molar-refractivity contribution in [3.63, 3.8) is 0 Å². The van der Waals surface area contributed by atoms with Crippen molar-refractivity contribution in [3.05, 3.63) is 70.2 Å². The number of aromatic nitrogens is 1. The number of amides is 1. The van der Waals surface area contributed by atoms with Crippen LogP contribution in [0.25, 0.3) is 0 Å². The van der Waals surface area contributed by atoms with Crippen LogP contribution in [-0.2, 0) is 12.6 Å². The molecule has 1 aromatic heterocycles. The molecule has 31 heavy (non-hydrogen) atoms. The first-order valence-corrected chi connectivity index (χ1v) is 10.2. The third kappa shape index (κ3) is 5.96. The summed E-state index contributed by atoms with van der Waals surface area (Å²) in [5, 5.41) is 15.1. The van der Waals surface area contributed by atoms with E-state index in [1.807, 2.05) is 6.92 Å². The van der Waals surface area contributed by atoms with Gasteiger partial charge in [-0.15, -0.1) is 11.3 Å². The van der Waals surface area contributed by atoms with Crippen molar-refractivity contribution in [2.45, 2.75) is 19.5 Å². The number of benzene rings is 2. The van der Waals surface area contributed by atoms with E-state index in [1.54, 1.807) is 18.2 Å². The molecule has 0 aliphatic rings. The number of anilines is 2. The van der Waals surface area contributed by atoms with Gasteiger partial charge in [-0.2, -0.15) is 13.2 Å². The molecule has 3 rings (SSSR count). The second-order valence-corrected chi connectivity index (χ2v) is 7.59. The molecule has 0 unspecified atom stereocenters. The molecular weight excluding hydrogens is 431 g/mol. The quantitative estimate of drug-likeness (QED) is 0.430. The van der Waals surface area contributed by atoms with E-state index in [0.717, 1.165) is 12.1 Å². The number of nitrogens with one attached hydrogen (secondary N) is 2. The maximum atomic E-state index is 12.9. The number of ether oxygens (including phenoxy) is 1. The first-order chi connectivity index (χ1) is 14.8. The average molecular weight is 451 g/mol. The van der Waals surface area contributed by atoms with Gasteiger partial charge in [0.2, 0.25) is 0 Å². The van der Waals surface area contributed by atoms with Crippen LogP contribution in [-0.4, -0.2) is 29.3 Å². The molecule has 6 nitrogen and oxygen atoms in total. The molecule has 3 aromatic rings. The van der Waals surface area contributed by atoms with E-state index < -0.39 is 24.4 Å². The van der Waals surface area contributed by atoms with Crippen LogP contribution in [0.4, 0.5) is 24.0 Å². The van der Waals surface area contributed by atoms with Crippen LogP contribution in [0.5, 0.6) is 5.75 Å². The maximum absolute atomic E-state index is 12.9. The average Bonchev–Trinajstić information content (AvgIpc) is 3.16. The van der Waals surface area contributed by atoms with Gasteiger partial charge in [-0.05, 0) is 36.8 Å². The van der Waals surface area contributed by atoms with Crippen LogP contribution in [0.3, 0.4) is 0 Å². The summed E-state index contributed by atoms with van der Waals surface area (Å²) in [6.07, 6.45) is -2.61. The van der Waals surface area contributed by atoms with Crippen molar-refractivity contribution in [3.8, 4) is 5.75 Å². The van der Waals surface area contributed by atoms with E-state index in [1.165, 1.54) is 29.7 Å². The van der Waals surface area contributed by atoms with Gasteiger partial charge in [0.15, 0.2) is 11.9 Å². The number of aliphatic hydroxyl groups excluding tert-OH is 1. The molecule has 0 fully saturated rings. The Balaban J connectivity index is 1.70. The van der Waals surface area contributed by atoms with E-state index in [4.69, 9.17) is 9.84 Å². The summed E-state index contributed by atoms with van der Waals surface area (Å²) >= 11 is 1.18. The Morgan fingerprint density at radius 3 is 2.74 bits per heavy atom. The van der Waals surface area contributed by atoms with Crippen LogP contribution in [0, 0.1) is 0 Å². The molecule has 1 heterocycles. The fraction of sp³-hybridized carbons (Fsp3) is 0.238. The van der Waals surface area contributed by atoms with E-state index in [0.29, 0.717) is 39.1 Å². The molecule has 0 aliphatic heterocycles. The number of nitrogens with zero attached hydrogens (tertiary/aromatic N) is 1. The first kappa shape index (κ1) is 22.6. The van der Waals surface area contributed by atoms with Crippen molar-refractivity contribution in [2.75, 3.05) is 24.0 Å². The molecule has 3 N–H and O–H groups in total. The summed E-state index contributed by atoms with van der Waals surface area (Å²) < 4.78 is 43.8. The van der Waals surface area contributed by atoms with Crippen molar-refractivity contribution in [1.82, 2.24) is 4.98 Å². The zero-order valence-corrected chi connectivity index (χ0v) is 17.3. The predicted octanol–water partition coefficient (Wildman–Crippen LogP) is 4.77. The number of hydrogen-bond donors (Lipinski definition) is 3. The Morgan fingerprint density at radius 2 is 2.03 bits per heavy atom. The van der Waals surface area contributed by atoms with Crippen molar-refractivity contribution >= 4 is 28.1 Å². The summed E-state index contributed by atoms with van der Waals surface area (Å²) in [5.41, 5.74) is 0.747. The molecule has 164 valence electrons. The largest absolute Gasteiger partial charge is 0.466 e. The second kappa shape index (κ2) is 9.80. The molecular formula is C21H20F3N3O3S. The smallest absolute Gasteiger partial charge is 0.416 e. The normalized spacial score (nSPS) is 11.3. The van der Waals surface area contributed by atoms with Gasteiger partial charge in [-0.1, -0.05) is 18.2 Å².